The smallest absolute Gasteiger partial charge is 0.331 e. The Morgan fingerprint density at radius 2 is 1.88 bits per heavy atom. The first-order valence-electron chi connectivity index (χ1n) is 7.26. The molecule has 0 aromatic heterocycles. The van der Waals surface area contributed by atoms with Crippen LogP contribution in [0.15, 0.2) is 53.0 Å². The number of hydrogen-bond donors (Lipinski definition) is 1. The lowest BCUT2D eigenvalue weighted by Crippen LogP contribution is -2.29. The van der Waals surface area contributed by atoms with Crippen LogP contribution in [0.25, 0.3) is 6.08 Å². The van der Waals surface area contributed by atoms with E-state index in [1.807, 2.05) is 0 Å². The highest BCUT2D eigenvalue weighted by molar-refractivity contribution is 9.10. The predicted octanol–water partition coefficient (Wildman–Crippen LogP) is 4.31. The number of benzene rings is 2. The fourth-order valence-corrected chi connectivity index (χ4v) is 2.19. The van der Waals surface area contributed by atoms with E-state index in [-0.39, 0.29) is 11.3 Å². The van der Waals surface area contributed by atoms with Crippen molar-refractivity contribution in [1.82, 2.24) is 0 Å². The number of carbonyl (C=O) groups is 2. The summed E-state index contributed by atoms with van der Waals surface area (Å²) in [5.41, 5.74) is 0.187. The van der Waals surface area contributed by atoms with Crippen LogP contribution in [0.5, 0.6) is 0 Å². The zero-order valence-corrected chi connectivity index (χ0v) is 14.7. The quantitative estimate of drug-likeness (QED) is 0.591. The van der Waals surface area contributed by atoms with Crippen molar-refractivity contribution < 1.29 is 23.1 Å². The summed E-state index contributed by atoms with van der Waals surface area (Å²) in [6.45, 7) is 1.35. The third kappa shape index (κ3) is 5.49. The van der Waals surface area contributed by atoms with Crippen LogP contribution in [-0.4, -0.2) is 18.0 Å². The molecule has 0 saturated carbocycles. The van der Waals surface area contributed by atoms with Gasteiger partial charge in [-0.1, -0.05) is 34.1 Å². The summed E-state index contributed by atoms with van der Waals surface area (Å²) in [7, 11) is 0. The van der Waals surface area contributed by atoms with Gasteiger partial charge in [-0.3, -0.25) is 4.79 Å². The van der Waals surface area contributed by atoms with Gasteiger partial charge >= 0.3 is 5.97 Å². The van der Waals surface area contributed by atoms with Gasteiger partial charge in [0.25, 0.3) is 5.91 Å². The van der Waals surface area contributed by atoms with Crippen LogP contribution >= 0.6 is 15.9 Å². The molecule has 0 aliphatic carbocycles. The summed E-state index contributed by atoms with van der Waals surface area (Å²) in [5.74, 6) is -2.61. The highest BCUT2D eigenvalue weighted by atomic mass is 79.9. The molecule has 4 nitrogen and oxygen atoms in total. The van der Waals surface area contributed by atoms with E-state index in [1.54, 1.807) is 12.1 Å². The Labute approximate surface area is 151 Å². The van der Waals surface area contributed by atoms with Crippen molar-refractivity contribution in [3.8, 4) is 0 Å². The van der Waals surface area contributed by atoms with Gasteiger partial charge in [0.05, 0.1) is 5.69 Å². The summed E-state index contributed by atoms with van der Waals surface area (Å²) < 4.78 is 32.6. The van der Waals surface area contributed by atoms with Crippen LogP contribution in [0.3, 0.4) is 0 Å². The van der Waals surface area contributed by atoms with Crippen LogP contribution < -0.4 is 5.32 Å². The number of nitrogens with one attached hydrogen (secondary N) is 1. The van der Waals surface area contributed by atoms with Crippen molar-refractivity contribution in [3.05, 3.63) is 70.2 Å². The first-order valence-corrected chi connectivity index (χ1v) is 8.05. The summed E-state index contributed by atoms with van der Waals surface area (Å²) >= 11 is 3.11. The molecule has 0 unspecified atom stereocenters. The Kier molecular flexibility index (Phi) is 6.41. The number of ether oxygens (including phenoxy) is 1. The lowest BCUT2D eigenvalue weighted by atomic mass is 10.2. The van der Waals surface area contributed by atoms with Crippen molar-refractivity contribution in [2.45, 2.75) is 13.0 Å². The summed E-state index contributed by atoms with van der Waals surface area (Å²) in [6.07, 6.45) is 1.11. The predicted molar refractivity (Wildman–Crippen MR) is 93.7 cm³/mol. The summed E-state index contributed by atoms with van der Waals surface area (Å²) in [4.78, 5) is 23.7. The van der Waals surface area contributed by atoms with Gasteiger partial charge in [-0.2, -0.15) is 0 Å². The number of amides is 1. The maximum atomic E-state index is 13.7. The second kappa shape index (κ2) is 8.53. The van der Waals surface area contributed by atoms with Gasteiger partial charge in [-0.25, -0.2) is 13.6 Å². The molecule has 25 heavy (non-hydrogen) atoms. The van der Waals surface area contributed by atoms with Crippen LogP contribution in [0.2, 0.25) is 0 Å². The Bertz CT molecular complexity index is 824. The van der Waals surface area contributed by atoms with E-state index in [0.29, 0.717) is 4.47 Å². The average molecular weight is 410 g/mol. The van der Waals surface area contributed by atoms with Crippen molar-refractivity contribution in [2.24, 2.45) is 0 Å². The molecule has 0 aliphatic rings. The van der Waals surface area contributed by atoms with Gasteiger partial charge in [0.2, 0.25) is 0 Å². The zero-order chi connectivity index (χ0) is 18.4. The van der Waals surface area contributed by atoms with Crippen LogP contribution in [-0.2, 0) is 14.3 Å². The highest BCUT2D eigenvalue weighted by Crippen LogP contribution is 2.19. The van der Waals surface area contributed by atoms with E-state index in [9.17, 15) is 18.4 Å². The molecule has 1 amide bonds. The average Bonchev–Trinajstić information content (AvgIpc) is 2.56. The van der Waals surface area contributed by atoms with Gasteiger partial charge in [-0.15, -0.1) is 0 Å². The first-order chi connectivity index (χ1) is 11.9. The highest BCUT2D eigenvalue weighted by Gasteiger charge is 2.18. The number of halogens is 3. The molecule has 0 aliphatic heterocycles. The van der Waals surface area contributed by atoms with Gasteiger partial charge < -0.3 is 10.1 Å². The summed E-state index contributed by atoms with van der Waals surface area (Å²) in [5, 5.41) is 2.33. The van der Waals surface area contributed by atoms with Crippen LogP contribution in [0, 0.1) is 11.6 Å². The van der Waals surface area contributed by atoms with Crippen LogP contribution in [0.1, 0.15) is 12.5 Å². The van der Waals surface area contributed by atoms with Gasteiger partial charge in [0, 0.05) is 16.1 Å². The standard InChI is InChI=1S/C18H14BrF2NO3/c1-11(18(24)22-16-8-7-13(19)10-15(16)21)25-17(23)9-6-12-4-2-3-5-14(12)20/h2-11H,1H3,(H,22,24)/b9-6+/t11-/m1/s1. The summed E-state index contributed by atoms with van der Waals surface area (Å²) in [6, 6.07) is 10.0. The molecule has 0 heterocycles. The molecule has 0 fully saturated rings. The number of rotatable bonds is 5. The van der Waals surface area contributed by atoms with E-state index in [4.69, 9.17) is 4.74 Å². The molecular formula is C18H14BrF2NO3. The minimum absolute atomic E-state index is 0.0296. The molecule has 0 spiro atoms. The van der Waals surface area contributed by atoms with Crippen molar-refractivity contribution in [2.75, 3.05) is 5.32 Å². The molecular weight excluding hydrogens is 396 g/mol. The Morgan fingerprint density at radius 3 is 2.56 bits per heavy atom. The normalized spacial score (nSPS) is 12.0. The van der Waals surface area contributed by atoms with Gasteiger partial charge in [-0.05, 0) is 37.3 Å². The molecule has 0 bridgehead atoms. The molecule has 1 N–H and O–H groups in total. The molecule has 1 atom stereocenters. The molecule has 130 valence electrons. The maximum Gasteiger partial charge on any atom is 0.331 e. The lowest BCUT2D eigenvalue weighted by molar-refractivity contribution is -0.148. The molecule has 7 heteroatoms. The zero-order valence-electron chi connectivity index (χ0n) is 13.1. The fourth-order valence-electron chi connectivity index (χ4n) is 1.86. The van der Waals surface area contributed by atoms with Crippen molar-refractivity contribution in [3.63, 3.8) is 0 Å². The number of esters is 1. The van der Waals surface area contributed by atoms with Gasteiger partial charge in [0.1, 0.15) is 11.6 Å². The monoisotopic (exact) mass is 409 g/mol. The largest absolute Gasteiger partial charge is 0.449 e. The van der Waals surface area contributed by atoms with Crippen LogP contribution in [0.4, 0.5) is 14.5 Å². The Hall–Kier alpha value is -2.54. The number of anilines is 1. The SMILES string of the molecule is C[C@@H](OC(=O)/C=C/c1ccccc1F)C(=O)Nc1ccc(Br)cc1F. The van der Waals surface area contributed by atoms with E-state index < -0.39 is 29.6 Å². The first kappa shape index (κ1) is 18.8. The Morgan fingerprint density at radius 1 is 1.16 bits per heavy atom. The molecule has 0 radical (unpaired) electrons. The molecule has 0 saturated heterocycles. The van der Waals surface area contributed by atoms with E-state index >= 15 is 0 Å². The topological polar surface area (TPSA) is 55.4 Å². The van der Waals surface area contributed by atoms with E-state index in [0.717, 1.165) is 6.08 Å². The second-order valence-electron chi connectivity index (χ2n) is 5.05. The molecule has 2 aromatic carbocycles. The second-order valence-corrected chi connectivity index (χ2v) is 5.96. The fraction of sp³-hybridized carbons (Fsp3) is 0.111. The minimum Gasteiger partial charge on any atom is -0.449 e. The Balaban J connectivity index is 1.94. The third-order valence-electron chi connectivity index (χ3n) is 3.16. The third-order valence-corrected chi connectivity index (χ3v) is 3.65. The van der Waals surface area contributed by atoms with Crippen molar-refractivity contribution >= 4 is 39.6 Å². The lowest BCUT2D eigenvalue weighted by Gasteiger charge is -2.13. The van der Waals surface area contributed by atoms with E-state index in [1.165, 1.54) is 43.3 Å². The number of carbonyl (C=O) groups excluding carboxylic acids is 2. The maximum absolute atomic E-state index is 13.7. The van der Waals surface area contributed by atoms with E-state index in [2.05, 4.69) is 21.2 Å². The minimum atomic E-state index is -1.15. The molecule has 2 rings (SSSR count). The van der Waals surface area contributed by atoms with Crippen molar-refractivity contribution in [1.29, 1.82) is 0 Å². The number of hydrogen-bond acceptors (Lipinski definition) is 3. The molecule has 2 aromatic rings. The van der Waals surface area contributed by atoms with Gasteiger partial charge in [0.15, 0.2) is 6.10 Å².